The number of hydrogen-bond donors (Lipinski definition) is 4. The van der Waals surface area contributed by atoms with Crippen LogP contribution in [0.2, 0.25) is 0 Å². The summed E-state index contributed by atoms with van der Waals surface area (Å²) >= 11 is -2.11. The summed E-state index contributed by atoms with van der Waals surface area (Å²) in [6, 6.07) is 9.64. The minimum Gasteiger partial charge on any atom is -0.496 e. The van der Waals surface area contributed by atoms with Gasteiger partial charge in [-0.1, -0.05) is 32.9 Å². The molecule has 1 atom stereocenters. The molecule has 0 radical (unpaired) electrons. The second kappa shape index (κ2) is 10.3. The van der Waals surface area contributed by atoms with Crippen molar-refractivity contribution >= 4 is 40.5 Å². The third kappa shape index (κ3) is 5.99. The number of urea groups is 1. The standard InChI is InChI=1S/C23H28N4O6S/c1-23(2,3)18-12-16(27-10-9-19(28)26-22(27)30)11-17(20(18)33-4)21(29)25-15-7-5-14(6-8-15)13-24-34(31)32/h5-8,11-12,24H,9-10,13H2,1-4H3,(H,25,29)(H,31,32)(H,26,28,30). The second-order valence-corrected chi connectivity index (χ2v) is 9.59. The van der Waals surface area contributed by atoms with Crippen molar-refractivity contribution < 1.29 is 27.9 Å². The summed E-state index contributed by atoms with van der Waals surface area (Å²) in [5, 5.41) is 5.13. The van der Waals surface area contributed by atoms with E-state index in [9.17, 15) is 18.6 Å². The first-order valence-electron chi connectivity index (χ1n) is 10.6. The Morgan fingerprint density at radius 3 is 2.44 bits per heavy atom. The molecule has 0 bridgehead atoms. The van der Waals surface area contributed by atoms with E-state index in [1.165, 1.54) is 12.0 Å². The van der Waals surface area contributed by atoms with E-state index in [1.807, 2.05) is 20.8 Å². The maximum atomic E-state index is 13.3. The Hall–Kier alpha value is -3.28. The quantitative estimate of drug-likeness (QED) is 0.442. The molecule has 1 heterocycles. The average molecular weight is 489 g/mol. The molecular formula is C23H28N4O6S. The zero-order valence-electron chi connectivity index (χ0n) is 19.4. The number of benzene rings is 2. The Balaban J connectivity index is 1.95. The predicted octanol–water partition coefficient (Wildman–Crippen LogP) is 2.92. The Morgan fingerprint density at radius 2 is 1.88 bits per heavy atom. The Labute approximate surface area is 200 Å². The van der Waals surface area contributed by atoms with E-state index in [0.29, 0.717) is 17.1 Å². The lowest BCUT2D eigenvalue weighted by atomic mass is 9.84. The van der Waals surface area contributed by atoms with Crippen LogP contribution in [0.25, 0.3) is 0 Å². The molecule has 3 rings (SSSR count). The van der Waals surface area contributed by atoms with E-state index in [2.05, 4.69) is 15.4 Å². The summed E-state index contributed by atoms with van der Waals surface area (Å²) in [4.78, 5) is 38.7. The fourth-order valence-electron chi connectivity index (χ4n) is 3.58. The van der Waals surface area contributed by atoms with Crippen LogP contribution in [0.3, 0.4) is 0 Å². The van der Waals surface area contributed by atoms with Crippen molar-refractivity contribution in [3.8, 4) is 5.75 Å². The Kier molecular flexibility index (Phi) is 7.70. The predicted molar refractivity (Wildman–Crippen MR) is 129 cm³/mol. The maximum Gasteiger partial charge on any atom is 0.328 e. The minimum atomic E-state index is -2.11. The molecule has 34 heavy (non-hydrogen) atoms. The third-order valence-electron chi connectivity index (χ3n) is 5.31. The molecule has 4 N–H and O–H groups in total. The fraction of sp³-hybridized carbons (Fsp3) is 0.348. The van der Waals surface area contributed by atoms with Gasteiger partial charge in [-0.05, 0) is 35.2 Å². The molecule has 0 spiro atoms. The smallest absolute Gasteiger partial charge is 0.328 e. The lowest BCUT2D eigenvalue weighted by Gasteiger charge is -2.30. The largest absolute Gasteiger partial charge is 0.496 e. The molecule has 10 nitrogen and oxygen atoms in total. The first kappa shape index (κ1) is 25.3. The van der Waals surface area contributed by atoms with Crippen molar-refractivity contribution in [3.63, 3.8) is 0 Å². The molecule has 1 fully saturated rings. The van der Waals surface area contributed by atoms with Crippen LogP contribution in [0.5, 0.6) is 5.75 Å². The first-order chi connectivity index (χ1) is 16.0. The number of hydrogen-bond acceptors (Lipinski definition) is 5. The van der Waals surface area contributed by atoms with Crippen LogP contribution in [0.1, 0.15) is 48.7 Å². The summed E-state index contributed by atoms with van der Waals surface area (Å²) in [7, 11) is 1.49. The molecule has 2 aromatic carbocycles. The van der Waals surface area contributed by atoms with Gasteiger partial charge in [0, 0.05) is 36.4 Å². The molecule has 11 heteroatoms. The normalized spacial score (nSPS) is 15.0. The molecule has 1 saturated heterocycles. The molecule has 1 aliphatic rings. The van der Waals surface area contributed by atoms with Gasteiger partial charge in [0.25, 0.3) is 5.91 Å². The first-order valence-corrected chi connectivity index (χ1v) is 11.7. The van der Waals surface area contributed by atoms with Crippen molar-refractivity contribution in [2.45, 2.75) is 39.2 Å². The van der Waals surface area contributed by atoms with Gasteiger partial charge in [-0.2, -0.15) is 0 Å². The second-order valence-electron chi connectivity index (χ2n) is 8.80. The van der Waals surface area contributed by atoms with Gasteiger partial charge in [-0.15, -0.1) is 0 Å². The zero-order chi connectivity index (χ0) is 25.0. The van der Waals surface area contributed by atoms with Gasteiger partial charge < -0.3 is 10.1 Å². The number of anilines is 2. The van der Waals surface area contributed by atoms with Crippen LogP contribution in [0, 0.1) is 0 Å². The Morgan fingerprint density at radius 1 is 1.21 bits per heavy atom. The highest BCUT2D eigenvalue weighted by Crippen LogP contribution is 2.38. The number of ether oxygens (including phenoxy) is 1. The number of carbonyl (C=O) groups excluding carboxylic acids is 3. The highest BCUT2D eigenvalue weighted by atomic mass is 32.2. The van der Waals surface area contributed by atoms with E-state index in [4.69, 9.17) is 9.29 Å². The lowest BCUT2D eigenvalue weighted by molar-refractivity contribution is -0.120. The molecule has 0 saturated carbocycles. The number of carbonyl (C=O) groups is 3. The van der Waals surface area contributed by atoms with Crippen LogP contribution in [-0.4, -0.2) is 40.3 Å². The van der Waals surface area contributed by atoms with E-state index < -0.39 is 28.6 Å². The molecular weight excluding hydrogens is 460 g/mol. The van der Waals surface area contributed by atoms with Gasteiger partial charge in [-0.3, -0.25) is 24.4 Å². The average Bonchev–Trinajstić information content (AvgIpc) is 2.77. The van der Waals surface area contributed by atoms with Crippen molar-refractivity contribution in [3.05, 3.63) is 53.1 Å². The van der Waals surface area contributed by atoms with Crippen LogP contribution in [-0.2, 0) is 28.0 Å². The van der Waals surface area contributed by atoms with Gasteiger partial charge in [0.2, 0.25) is 17.2 Å². The number of methoxy groups -OCH3 is 1. The van der Waals surface area contributed by atoms with Gasteiger partial charge >= 0.3 is 6.03 Å². The molecule has 0 aliphatic carbocycles. The summed E-state index contributed by atoms with van der Waals surface area (Å²) in [6.07, 6.45) is 0.162. The van der Waals surface area contributed by atoms with Crippen LogP contribution >= 0.6 is 0 Å². The maximum absolute atomic E-state index is 13.3. The van der Waals surface area contributed by atoms with Gasteiger partial charge in [-0.25, -0.2) is 13.7 Å². The molecule has 1 unspecified atom stereocenters. The topological polar surface area (TPSA) is 137 Å². The van der Waals surface area contributed by atoms with Crippen molar-refractivity contribution in [1.82, 2.24) is 10.0 Å². The highest BCUT2D eigenvalue weighted by molar-refractivity contribution is 7.77. The SMILES string of the molecule is COc1c(C(=O)Nc2ccc(CNS(=O)O)cc2)cc(N2CCC(=O)NC2=O)cc1C(C)(C)C. The molecule has 2 aromatic rings. The zero-order valence-corrected chi connectivity index (χ0v) is 20.2. The number of nitrogens with zero attached hydrogens (tertiary/aromatic N) is 1. The highest BCUT2D eigenvalue weighted by Gasteiger charge is 2.30. The number of amides is 4. The van der Waals surface area contributed by atoms with E-state index in [1.54, 1.807) is 36.4 Å². The third-order valence-corrected chi connectivity index (χ3v) is 5.70. The summed E-state index contributed by atoms with van der Waals surface area (Å²) in [5.74, 6) is -0.374. The van der Waals surface area contributed by atoms with Crippen LogP contribution in [0.15, 0.2) is 36.4 Å². The van der Waals surface area contributed by atoms with E-state index >= 15 is 0 Å². The van der Waals surface area contributed by atoms with Crippen LogP contribution in [0.4, 0.5) is 16.2 Å². The van der Waals surface area contributed by atoms with Gasteiger partial charge in [0.15, 0.2) is 0 Å². The van der Waals surface area contributed by atoms with Gasteiger partial charge in [0.05, 0.1) is 12.7 Å². The lowest BCUT2D eigenvalue weighted by Crippen LogP contribution is -2.49. The van der Waals surface area contributed by atoms with Gasteiger partial charge in [0.1, 0.15) is 5.75 Å². The number of imide groups is 1. The molecule has 0 aromatic heterocycles. The summed E-state index contributed by atoms with van der Waals surface area (Å²) in [6.45, 7) is 6.32. The molecule has 182 valence electrons. The number of rotatable bonds is 7. The van der Waals surface area contributed by atoms with Crippen molar-refractivity contribution in [2.75, 3.05) is 23.9 Å². The van der Waals surface area contributed by atoms with Crippen molar-refractivity contribution in [1.29, 1.82) is 0 Å². The minimum absolute atomic E-state index is 0.162. The summed E-state index contributed by atoms with van der Waals surface area (Å²) < 4.78 is 27.6. The molecule has 4 amide bonds. The number of nitrogens with one attached hydrogen (secondary N) is 3. The summed E-state index contributed by atoms with van der Waals surface area (Å²) in [5.41, 5.74) is 2.35. The monoisotopic (exact) mass is 488 g/mol. The van der Waals surface area contributed by atoms with Crippen molar-refractivity contribution in [2.24, 2.45) is 0 Å². The van der Waals surface area contributed by atoms with Crippen LogP contribution < -0.4 is 25.0 Å². The fourth-order valence-corrected chi connectivity index (χ4v) is 3.87. The molecule has 1 aliphatic heterocycles. The van der Waals surface area contributed by atoms with E-state index in [0.717, 1.165) is 11.1 Å². The Bertz CT molecular complexity index is 1130. The van der Waals surface area contributed by atoms with E-state index in [-0.39, 0.29) is 31.0 Å².